The smallest absolute Gasteiger partial charge is 0.273 e. The summed E-state index contributed by atoms with van der Waals surface area (Å²) < 4.78 is 5.21. The van der Waals surface area contributed by atoms with Gasteiger partial charge in [-0.05, 0) is 19.4 Å². The number of amides is 2. The molecule has 2 aromatic carbocycles. The molecule has 4 rings (SSSR count). The molecule has 0 saturated heterocycles. The van der Waals surface area contributed by atoms with Crippen molar-refractivity contribution in [3.63, 3.8) is 0 Å². The summed E-state index contributed by atoms with van der Waals surface area (Å²) in [6.45, 7) is 3.80. The van der Waals surface area contributed by atoms with Crippen molar-refractivity contribution >= 4 is 28.3 Å². The number of aryl methyl sites for hydroxylation is 2. The lowest BCUT2D eigenvalue weighted by Crippen LogP contribution is -2.33. The van der Waals surface area contributed by atoms with Gasteiger partial charge in [0.2, 0.25) is 11.0 Å². The summed E-state index contributed by atoms with van der Waals surface area (Å²) >= 11 is 1.27. The molecule has 0 fully saturated rings. The van der Waals surface area contributed by atoms with E-state index in [1.54, 1.807) is 0 Å². The molecule has 0 aliphatic carbocycles. The van der Waals surface area contributed by atoms with Crippen molar-refractivity contribution in [3.8, 4) is 21.9 Å². The standard InChI is InChI=1S/C22H19N5O3S/c1-13-8-9-16(14(2)10-13)21-25-26-22(31-21)24-19(28)12-23-20(29)17-11-18(30-27-17)15-6-4-3-5-7-15/h3-11H,12H2,1-2H3,(H,23,29)(H,24,26,28). The van der Waals surface area contributed by atoms with E-state index in [0.717, 1.165) is 22.3 Å². The van der Waals surface area contributed by atoms with E-state index < -0.39 is 11.8 Å². The molecule has 0 bridgehead atoms. The Morgan fingerprint density at radius 3 is 2.61 bits per heavy atom. The van der Waals surface area contributed by atoms with E-state index in [1.165, 1.54) is 17.4 Å². The summed E-state index contributed by atoms with van der Waals surface area (Å²) in [5, 5.41) is 18.2. The van der Waals surface area contributed by atoms with Crippen molar-refractivity contribution in [3.05, 3.63) is 71.4 Å². The van der Waals surface area contributed by atoms with Gasteiger partial charge in [-0.15, -0.1) is 10.2 Å². The summed E-state index contributed by atoms with van der Waals surface area (Å²) in [5.41, 5.74) is 4.13. The minimum atomic E-state index is -0.505. The Morgan fingerprint density at radius 1 is 1.03 bits per heavy atom. The third kappa shape index (κ3) is 4.84. The van der Waals surface area contributed by atoms with Gasteiger partial charge in [0, 0.05) is 17.2 Å². The van der Waals surface area contributed by atoms with Gasteiger partial charge in [-0.25, -0.2) is 0 Å². The van der Waals surface area contributed by atoms with Gasteiger partial charge in [-0.2, -0.15) is 0 Å². The number of aromatic nitrogens is 3. The van der Waals surface area contributed by atoms with Crippen LogP contribution in [-0.2, 0) is 4.79 Å². The average Bonchev–Trinajstić information content (AvgIpc) is 3.43. The van der Waals surface area contributed by atoms with Crippen LogP contribution >= 0.6 is 11.3 Å². The number of nitrogens with one attached hydrogen (secondary N) is 2. The van der Waals surface area contributed by atoms with Crippen LogP contribution in [0.4, 0.5) is 5.13 Å². The van der Waals surface area contributed by atoms with Crippen molar-refractivity contribution in [2.45, 2.75) is 13.8 Å². The molecular formula is C22H19N5O3S. The van der Waals surface area contributed by atoms with E-state index in [2.05, 4.69) is 32.1 Å². The highest BCUT2D eigenvalue weighted by molar-refractivity contribution is 7.18. The lowest BCUT2D eigenvalue weighted by molar-refractivity contribution is -0.115. The third-order valence-corrected chi connectivity index (χ3v) is 5.37. The number of hydrogen-bond donors (Lipinski definition) is 2. The number of carbonyl (C=O) groups excluding carboxylic acids is 2. The maximum atomic E-state index is 12.3. The molecular weight excluding hydrogens is 414 g/mol. The Morgan fingerprint density at radius 2 is 1.84 bits per heavy atom. The molecule has 2 N–H and O–H groups in total. The molecule has 0 aliphatic rings. The largest absolute Gasteiger partial charge is 0.355 e. The number of carbonyl (C=O) groups is 2. The van der Waals surface area contributed by atoms with E-state index in [1.807, 2.05) is 56.3 Å². The van der Waals surface area contributed by atoms with Gasteiger partial charge >= 0.3 is 0 Å². The van der Waals surface area contributed by atoms with Crippen molar-refractivity contribution in [2.24, 2.45) is 0 Å². The van der Waals surface area contributed by atoms with Gasteiger partial charge in [-0.1, -0.05) is 70.6 Å². The molecule has 156 valence electrons. The number of hydrogen-bond acceptors (Lipinski definition) is 7. The molecule has 9 heteroatoms. The zero-order valence-electron chi connectivity index (χ0n) is 16.9. The summed E-state index contributed by atoms with van der Waals surface area (Å²) in [4.78, 5) is 24.5. The molecule has 0 atom stereocenters. The molecule has 2 aromatic heterocycles. The summed E-state index contributed by atoms with van der Waals surface area (Å²) in [5.74, 6) is -0.444. The van der Waals surface area contributed by atoms with Gasteiger partial charge in [-0.3, -0.25) is 14.9 Å². The minimum absolute atomic E-state index is 0.0969. The maximum absolute atomic E-state index is 12.3. The monoisotopic (exact) mass is 433 g/mol. The van der Waals surface area contributed by atoms with Crippen molar-refractivity contribution in [2.75, 3.05) is 11.9 Å². The second kappa shape index (κ2) is 8.88. The highest BCUT2D eigenvalue weighted by Gasteiger charge is 2.16. The Labute approximate surface area is 182 Å². The van der Waals surface area contributed by atoms with Crippen LogP contribution in [0.3, 0.4) is 0 Å². The van der Waals surface area contributed by atoms with Gasteiger partial charge in [0.05, 0.1) is 6.54 Å². The van der Waals surface area contributed by atoms with Gasteiger partial charge < -0.3 is 9.84 Å². The zero-order chi connectivity index (χ0) is 21.8. The summed E-state index contributed by atoms with van der Waals surface area (Å²) in [6, 6.07) is 16.9. The van der Waals surface area contributed by atoms with Crippen LogP contribution in [0.25, 0.3) is 21.9 Å². The minimum Gasteiger partial charge on any atom is -0.355 e. The number of anilines is 1. The fourth-order valence-electron chi connectivity index (χ4n) is 2.97. The molecule has 0 saturated carbocycles. The lowest BCUT2D eigenvalue weighted by atomic mass is 10.1. The zero-order valence-corrected chi connectivity index (χ0v) is 17.7. The summed E-state index contributed by atoms with van der Waals surface area (Å²) in [6.07, 6.45) is 0. The average molecular weight is 433 g/mol. The molecule has 0 aliphatic heterocycles. The Hall–Kier alpha value is -3.85. The third-order valence-electron chi connectivity index (χ3n) is 4.49. The van der Waals surface area contributed by atoms with Gasteiger partial charge in [0.25, 0.3) is 5.91 Å². The first kappa shape index (κ1) is 20.4. The predicted octanol–water partition coefficient (Wildman–Crippen LogP) is 3.85. The quantitative estimate of drug-likeness (QED) is 0.478. The van der Waals surface area contributed by atoms with Crippen LogP contribution < -0.4 is 10.6 Å². The molecule has 2 amide bonds. The summed E-state index contributed by atoms with van der Waals surface area (Å²) in [7, 11) is 0. The van der Waals surface area contributed by atoms with E-state index in [9.17, 15) is 9.59 Å². The first-order valence-corrected chi connectivity index (χ1v) is 10.3. The van der Waals surface area contributed by atoms with E-state index in [0.29, 0.717) is 15.9 Å². The maximum Gasteiger partial charge on any atom is 0.273 e. The van der Waals surface area contributed by atoms with Crippen LogP contribution in [0.5, 0.6) is 0 Å². The van der Waals surface area contributed by atoms with Crippen LogP contribution in [0.15, 0.2) is 59.1 Å². The van der Waals surface area contributed by atoms with Crippen LogP contribution in [0.1, 0.15) is 21.6 Å². The molecule has 0 radical (unpaired) electrons. The molecule has 0 spiro atoms. The first-order valence-electron chi connectivity index (χ1n) is 9.51. The molecule has 0 unspecified atom stereocenters. The molecule has 4 aromatic rings. The Bertz CT molecular complexity index is 1230. The predicted molar refractivity (Wildman–Crippen MR) is 118 cm³/mol. The van der Waals surface area contributed by atoms with Crippen LogP contribution in [0, 0.1) is 13.8 Å². The van der Waals surface area contributed by atoms with E-state index in [4.69, 9.17) is 4.52 Å². The van der Waals surface area contributed by atoms with Crippen molar-refractivity contribution in [1.82, 2.24) is 20.7 Å². The molecule has 2 heterocycles. The lowest BCUT2D eigenvalue weighted by Gasteiger charge is -2.03. The Balaban J connectivity index is 1.33. The van der Waals surface area contributed by atoms with Crippen LogP contribution in [0.2, 0.25) is 0 Å². The van der Waals surface area contributed by atoms with Gasteiger partial charge in [0.15, 0.2) is 11.5 Å². The molecule has 8 nitrogen and oxygen atoms in total. The fourth-order valence-corrected chi connectivity index (χ4v) is 3.82. The number of rotatable bonds is 6. The van der Waals surface area contributed by atoms with Crippen molar-refractivity contribution in [1.29, 1.82) is 0 Å². The molecule has 31 heavy (non-hydrogen) atoms. The normalized spacial score (nSPS) is 10.6. The van der Waals surface area contributed by atoms with E-state index in [-0.39, 0.29) is 12.2 Å². The second-order valence-electron chi connectivity index (χ2n) is 6.90. The number of benzene rings is 2. The SMILES string of the molecule is Cc1ccc(-c2nnc(NC(=O)CNC(=O)c3cc(-c4ccccc4)on3)s2)c(C)c1. The second-order valence-corrected chi connectivity index (χ2v) is 7.88. The van der Waals surface area contributed by atoms with Gasteiger partial charge in [0.1, 0.15) is 5.01 Å². The first-order chi connectivity index (χ1) is 15.0. The Kier molecular flexibility index (Phi) is 5.85. The number of nitrogens with zero attached hydrogens (tertiary/aromatic N) is 3. The van der Waals surface area contributed by atoms with Crippen molar-refractivity contribution < 1.29 is 14.1 Å². The fraction of sp³-hybridized carbons (Fsp3) is 0.136. The highest BCUT2D eigenvalue weighted by atomic mass is 32.1. The van der Waals surface area contributed by atoms with E-state index >= 15 is 0 Å². The highest BCUT2D eigenvalue weighted by Crippen LogP contribution is 2.29. The topological polar surface area (TPSA) is 110 Å². The van der Waals surface area contributed by atoms with Crippen LogP contribution in [-0.4, -0.2) is 33.7 Å².